The normalized spacial score (nSPS) is 10.4. The minimum atomic E-state index is 1.06. The molecule has 2 nitrogen and oxygen atoms in total. The summed E-state index contributed by atoms with van der Waals surface area (Å²) in [4.78, 5) is 6.32. The van der Waals surface area contributed by atoms with E-state index in [1.165, 1.54) is 21.8 Å². The van der Waals surface area contributed by atoms with Crippen LogP contribution in [0.25, 0.3) is 21.7 Å². The quantitative estimate of drug-likeness (QED) is 0.505. The topological polar surface area (TPSA) is 16.1 Å². The van der Waals surface area contributed by atoms with E-state index < -0.39 is 0 Å². The number of pyridine rings is 1. The standard InChI is InChI=1S/C10H11N.C9H7N/c1-11(2)10-7-8-3-5-9(10)6-4-8;1-2-6-9-8(4-1)5-3-7-10-9/h3-7H,1-2H3;1-7H. The zero-order valence-corrected chi connectivity index (χ0v) is 12.3. The molecule has 5 aromatic rings. The van der Waals surface area contributed by atoms with Gasteiger partial charge in [0.1, 0.15) is 0 Å². The molecular weight excluding hydrogens is 256 g/mol. The molecule has 1 aromatic heterocycles. The second-order valence-corrected chi connectivity index (χ2v) is 5.24. The van der Waals surface area contributed by atoms with Crippen molar-refractivity contribution in [2.24, 2.45) is 0 Å². The molecular formula is C19H18N2. The summed E-state index contributed by atoms with van der Waals surface area (Å²) in [6, 6.07) is 22.9. The van der Waals surface area contributed by atoms with Gasteiger partial charge in [0.05, 0.1) is 5.52 Å². The highest BCUT2D eigenvalue weighted by atomic mass is 15.1. The number of rotatable bonds is 1. The van der Waals surface area contributed by atoms with E-state index in [4.69, 9.17) is 0 Å². The van der Waals surface area contributed by atoms with Crippen molar-refractivity contribution in [3.05, 3.63) is 72.9 Å². The Kier molecular flexibility index (Phi) is 3.69. The van der Waals surface area contributed by atoms with Gasteiger partial charge in [0, 0.05) is 31.4 Å². The van der Waals surface area contributed by atoms with E-state index in [0.717, 1.165) is 5.52 Å². The fourth-order valence-electron chi connectivity index (χ4n) is 2.39. The minimum Gasteiger partial charge on any atom is -0.377 e. The van der Waals surface area contributed by atoms with Gasteiger partial charge in [-0.05, 0) is 29.0 Å². The summed E-state index contributed by atoms with van der Waals surface area (Å²) in [7, 11) is 4.14. The van der Waals surface area contributed by atoms with E-state index in [1.807, 2.05) is 30.5 Å². The number of fused-ring (bicyclic) bond motifs is 4. The van der Waals surface area contributed by atoms with Crippen LogP contribution in [0.15, 0.2) is 72.9 Å². The summed E-state index contributed by atoms with van der Waals surface area (Å²) in [5.41, 5.74) is 2.37. The first-order valence-corrected chi connectivity index (χ1v) is 7.03. The van der Waals surface area contributed by atoms with Crippen molar-refractivity contribution in [3.8, 4) is 0 Å². The van der Waals surface area contributed by atoms with Crippen molar-refractivity contribution in [3.63, 3.8) is 0 Å². The van der Waals surface area contributed by atoms with Crippen molar-refractivity contribution in [2.75, 3.05) is 19.0 Å². The van der Waals surface area contributed by atoms with E-state index in [0.29, 0.717) is 0 Å². The Balaban J connectivity index is 0.000000126. The van der Waals surface area contributed by atoms with Crippen molar-refractivity contribution in [1.82, 2.24) is 4.98 Å². The molecule has 0 saturated carbocycles. The maximum atomic E-state index is 4.18. The summed E-state index contributed by atoms with van der Waals surface area (Å²) in [5.74, 6) is 0. The van der Waals surface area contributed by atoms with Crippen molar-refractivity contribution < 1.29 is 0 Å². The number of benzene rings is 4. The van der Waals surface area contributed by atoms with Crippen LogP contribution >= 0.6 is 0 Å². The molecule has 0 saturated heterocycles. The maximum absolute atomic E-state index is 4.18. The Labute approximate surface area is 125 Å². The van der Waals surface area contributed by atoms with Gasteiger partial charge in [-0.2, -0.15) is 0 Å². The highest BCUT2D eigenvalue weighted by Crippen LogP contribution is 2.24. The molecule has 104 valence electrons. The van der Waals surface area contributed by atoms with Gasteiger partial charge in [-0.1, -0.05) is 48.5 Å². The van der Waals surface area contributed by atoms with Crippen LogP contribution in [0.2, 0.25) is 0 Å². The third-order valence-electron chi connectivity index (χ3n) is 3.50. The second kappa shape index (κ2) is 5.80. The molecule has 0 N–H and O–H groups in total. The summed E-state index contributed by atoms with van der Waals surface area (Å²) >= 11 is 0. The molecule has 0 radical (unpaired) electrons. The van der Waals surface area contributed by atoms with Gasteiger partial charge >= 0.3 is 0 Å². The van der Waals surface area contributed by atoms with Gasteiger partial charge in [0.25, 0.3) is 0 Å². The molecule has 0 spiro atoms. The summed E-state index contributed by atoms with van der Waals surface area (Å²) in [5, 5.41) is 3.80. The highest BCUT2D eigenvalue weighted by Gasteiger charge is 2.00. The van der Waals surface area contributed by atoms with Crippen molar-refractivity contribution in [1.29, 1.82) is 0 Å². The average molecular weight is 274 g/mol. The molecule has 2 heteroatoms. The summed E-state index contributed by atoms with van der Waals surface area (Å²) in [6.45, 7) is 0. The van der Waals surface area contributed by atoms with Crippen LogP contribution in [0.4, 0.5) is 5.69 Å². The number of nitrogens with zero attached hydrogens (tertiary/aromatic N) is 2. The van der Waals surface area contributed by atoms with Crippen molar-refractivity contribution >= 4 is 27.4 Å². The maximum Gasteiger partial charge on any atom is 0.0701 e. The highest BCUT2D eigenvalue weighted by molar-refractivity contribution is 5.85. The molecule has 0 amide bonds. The van der Waals surface area contributed by atoms with Crippen LogP contribution in [0.5, 0.6) is 0 Å². The molecule has 21 heavy (non-hydrogen) atoms. The van der Waals surface area contributed by atoms with E-state index in [1.54, 1.807) is 0 Å². The number of anilines is 1. The van der Waals surface area contributed by atoms with Crippen molar-refractivity contribution in [2.45, 2.75) is 0 Å². The van der Waals surface area contributed by atoms with E-state index in [2.05, 4.69) is 66.4 Å². The molecule has 0 aliphatic rings. The lowest BCUT2D eigenvalue weighted by Crippen LogP contribution is -2.08. The van der Waals surface area contributed by atoms with Gasteiger partial charge in [-0.15, -0.1) is 0 Å². The van der Waals surface area contributed by atoms with Gasteiger partial charge in [-0.25, -0.2) is 0 Å². The number of aromatic nitrogens is 1. The zero-order chi connectivity index (χ0) is 14.7. The fourth-order valence-corrected chi connectivity index (χ4v) is 2.39. The minimum absolute atomic E-state index is 1.06. The zero-order valence-electron chi connectivity index (χ0n) is 12.3. The van der Waals surface area contributed by atoms with Crippen LogP contribution in [-0.2, 0) is 0 Å². The Morgan fingerprint density at radius 2 is 1.48 bits per heavy atom. The van der Waals surface area contributed by atoms with E-state index >= 15 is 0 Å². The van der Waals surface area contributed by atoms with E-state index in [9.17, 15) is 0 Å². The van der Waals surface area contributed by atoms with Crippen LogP contribution < -0.4 is 4.90 Å². The van der Waals surface area contributed by atoms with Gasteiger partial charge in [0.15, 0.2) is 0 Å². The molecule has 0 atom stereocenters. The first kappa shape index (κ1) is 13.4. The number of hydrogen-bond acceptors (Lipinski definition) is 2. The first-order chi connectivity index (χ1) is 10.2. The molecule has 1 heterocycles. The van der Waals surface area contributed by atoms with Gasteiger partial charge in [-0.3, -0.25) is 4.98 Å². The molecule has 0 aliphatic heterocycles. The fraction of sp³-hybridized carbons (Fsp3) is 0.105. The number of para-hydroxylation sites is 1. The Morgan fingerprint density at radius 1 is 0.762 bits per heavy atom. The van der Waals surface area contributed by atoms with Gasteiger partial charge < -0.3 is 4.90 Å². The van der Waals surface area contributed by atoms with Crippen LogP contribution in [0, 0.1) is 0 Å². The summed E-state index contributed by atoms with van der Waals surface area (Å²) in [6.07, 6.45) is 1.81. The molecule has 4 aromatic carbocycles. The number of hydrogen-bond donors (Lipinski definition) is 0. The Bertz CT molecular complexity index is 751. The van der Waals surface area contributed by atoms with Gasteiger partial charge in [0.2, 0.25) is 0 Å². The van der Waals surface area contributed by atoms with Crippen LogP contribution in [-0.4, -0.2) is 19.1 Å². The average Bonchev–Trinajstić information content (AvgIpc) is 2.56. The molecule has 0 aliphatic carbocycles. The Morgan fingerprint density at radius 3 is 2.05 bits per heavy atom. The predicted octanol–water partition coefficient (Wildman–Crippen LogP) is 4.58. The molecule has 5 rings (SSSR count). The molecule has 0 fully saturated rings. The predicted molar refractivity (Wildman–Crippen MR) is 91.2 cm³/mol. The lowest BCUT2D eigenvalue weighted by Gasteiger charge is -2.15. The monoisotopic (exact) mass is 274 g/mol. The molecule has 2 bridgehead atoms. The lowest BCUT2D eigenvalue weighted by molar-refractivity contribution is 1.14. The third kappa shape index (κ3) is 2.95. The third-order valence-corrected chi connectivity index (χ3v) is 3.50. The summed E-state index contributed by atoms with van der Waals surface area (Å²) < 4.78 is 0. The largest absolute Gasteiger partial charge is 0.377 e. The SMILES string of the molecule is CN(C)c1cc2ccc1cc2.c1ccc2ncccc2c1. The molecule has 0 unspecified atom stereocenters. The smallest absolute Gasteiger partial charge is 0.0701 e. The Hall–Kier alpha value is -2.61. The van der Waals surface area contributed by atoms with E-state index in [-0.39, 0.29) is 0 Å². The first-order valence-electron chi connectivity index (χ1n) is 7.03. The second-order valence-electron chi connectivity index (χ2n) is 5.24. The lowest BCUT2D eigenvalue weighted by atomic mass is 10.1. The van der Waals surface area contributed by atoms with Crippen LogP contribution in [0.1, 0.15) is 0 Å². The van der Waals surface area contributed by atoms with Crippen LogP contribution in [0.3, 0.4) is 0 Å².